The Morgan fingerprint density at radius 3 is 1.37 bits per heavy atom. The van der Waals surface area contributed by atoms with Crippen molar-refractivity contribution >= 4 is 32.8 Å². The fraction of sp³-hybridized carbons (Fsp3) is 0. The standard InChI is InChI=1S/C54H35N5/c1-4-17-36(18-5-1)49-45-29-10-12-31-47(45)55-53(56-49)42-25-15-23-40(34-42)38-21-14-22-39(33-38)41-24-16-26-43(35-41)54-57-50(37-19-6-2-7-20-37)52-51(58-54)46-30-11-13-32-48(46)59(52)44-27-8-3-9-28-44/h1-35H. The van der Waals surface area contributed by atoms with Crippen molar-refractivity contribution in [2.24, 2.45) is 0 Å². The van der Waals surface area contributed by atoms with E-state index in [1.807, 2.05) is 30.3 Å². The topological polar surface area (TPSA) is 56.5 Å². The Morgan fingerprint density at radius 2 is 0.746 bits per heavy atom. The van der Waals surface area contributed by atoms with Crippen LogP contribution in [0.2, 0.25) is 0 Å². The van der Waals surface area contributed by atoms with Crippen molar-refractivity contribution in [1.82, 2.24) is 24.5 Å². The zero-order valence-corrected chi connectivity index (χ0v) is 31.9. The van der Waals surface area contributed by atoms with Gasteiger partial charge < -0.3 is 4.57 Å². The van der Waals surface area contributed by atoms with Crippen molar-refractivity contribution in [2.45, 2.75) is 0 Å². The molecule has 0 aliphatic carbocycles. The van der Waals surface area contributed by atoms with E-state index in [4.69, 9.17) is 19.9 Å². The molecule has 59 heavy (non-hydrogen) atoms. The normalized spacial score (nSPS) is 11.4. The average molecular weight is 754 g/mol. The second kappa shape index (κ2) is 14.5. The van der Waals surface area contributed by atoms with Crippen LogP contribution in [0.1, 0.15) is 0 Å². The van der Waals surface area contributed by atoms with E-state index in [1.54, 1.807) is 0 Å². The quantitative estimate of drug-likeness (QED) is 0.163. The largest absolute Gasteiger partial charge is 0.306 e. The number of para-hydroxylation sites is 3. The lowest BCUT2D eigenvalue weighted by Crippen LogP contribution is -1.99. The molecule has 276 valence electrons. The highest BCUT2D eigenvalue weighted by atomic mass is 15.0. The van der Waals surface area contributed by atoms with Crippen LogP contribution in [0, 0.1) is 0 Å². The van der Waals surface area contributed by atoms with E-state index in [1.165, 1.54) is 0 Å². The van der Waals surface area contributed by atoms with Crippen LogP contribution in [0.3, 0.4) is 0 Å². The molecule has 0 radical (unpaired) electrons. The van der Waals surface area contributed by atoms with E-state index in [2.05, 4.69) is 187 Å². The lowest BCUT2D eigenvalue weighted by atomic mass is 9.96. The summed E-state index contributed by atoms with van der Waals surface area (Å²) in [6.07, 6.45) is 0. The Balaban J connectivity index is 1.00. The molecule has 3 aromatic heterocycles. The number of rotatable bonds is 7. The van der Waals surface area contributed by atoms with E-state index < -0.39 is 0 Å². The maximum absolute atomic E-state index is 5.36. The van der Waals surface area contributed by atoms with Crippen molar-refractivity contribution in [3.05, 3.63) is 212 Å². The Kier molecular flexibility index (Phi) is 8.41. The zero-order valence-electron chi connectivity index (χ0n) is 31.9. The molecule has 0 N–H and O–H groups in total. The van der Waals surface area contributed by atoms with Crippen LogP contribution in [0.5, 0.6) is 0 Å². The molecule has 0 aliphatic rings. The summed E-state index contributed by atoms with van der Waals surface area (Å²) in [5, 5.41) is 2.12. The van der Waals surface area contributed by atoms with Gasteiger partial charge in [0, 0.05) is 38.7 Å². The van der Waals surface area contributed by atoms with Gasteiger partial charge in [-0.3, -0.25) is 0 Å². The number of hydrogen-bond acceptors (Lipinski definition) is 4. The Hall–Kier alpha value is -8.02. The first-order valence-electron chi connectivity index (χ1n) is 19.8. The maximum atomic E-state index is 5.36. The van der Waals surface area contributed by atoms with Crippen LogP contribution in [-0.2, 0) is 0 Å². The number of hydrogen-bond donors (Lipinski definition) is 0. The predicted molar refractivity (Wildman–Crippen MR) is 242 cm³/mol. The highest BCUT2D eigenvalue weighted by Gasteiger charge is 2.21. The summed E-state index contributed by atoms with van der Waals surface area (Å²) in [5.74, 6) is 1.38. The summed E-state index contributed by atoms with van der Waals surface area (Å²) in [5.41, 5.74) is 15.2. The molecule has 0 saturated carbocycles. The van der Waals surface area contributed by atoms with Gasteiger partial charge in [-0.1, -0.05) is 170 Å². The van der Waals surface area contributed by atoms with E-state index in [0.29, 0.717) is 11.6 Å². The molecular weight excluding hydrogens is 719 g/mol. The molecule has 8 aromatic carbocycles. The van der Waals surface area contributed by atoms with Crippen molar-refractivity contribution in [2.75, 3.05) is 0 Å². The predicted octanol–water partition coefficient (Wildman–Crippen LogP) is 13.5. The van der Waals surface area contributed by atoms with Crippen molar-refractivity contribution < 1.29 is 0 Å². The number of benzene rings is 8. The second-order valence-electron chi connectivity index (χ2n) is 14.7. The van der Waals surface area contributed by atoms with Gasteiger partial charge in [0.25, 0.3) is 0 Å². The molecule has 3 heterocycles. The molecule has 11 rings (SSSR count). The van der Waals surface area contributed by atoms with Gasteiger partial charge in [-0.15, -0.1) is 0 Å². The third-order valence-electron chi connectivity index (χ3n) is 11.0. The molecule has 11 aromatic rings. The Bertz CT molecular complexity index is 3320. The molecule has 0 atom stereocenters. The first kappa shape index (κ1) is 34.2. The molecule has 0 unspecified atom stereocenters. The average Bonchev–Trinajstić information content (AvgIpc) is 3.66. The summed E-state index contributed by atoms with van der Waals surface area (Å²) >= 11 is 0. The minimum atomic E-state index is 0.684. The molecule has 0 bridgehead atoms. The third kappa shape index (κ3) is 6.22. The zero-order chi connectivity index (χ0) is 39.1. The minimum absolute atomic E-state index is 0.684. The molecule has 0 aliphatic heterocycles. The van der Waals surface area contributed by atoms with E-state index in [9.17, 15) is 0 Å². The summed E-state index contributed by atoms with van der Waals surface area (Å²) in [4.78, 5) is 20.9. The summed E-state index contributed by atoms with van der Waals surface area (Å²) in [7, 11) is 0. The van der Waals surface area contributed by atoms with Crippen LogP contribution in [0.15, 0.2) is 212 Å². The monoisotopic (exact) mass is 753 g/mol. The molecule has 5 nitrogen and oxygen atoms in total. The van der Waals surface area contributed by atoms with Crippen LogP contribution in [0.4, 0.5) is 0 Å². The van der Waals surface area contributed by atoms with E-state index in [0.717, 1.165) is 94.4 Å². The lowest BCUT2D eigenvalue weighted by Gasteiger charge is -2.13. The van der Waals surface area contributed by atoms with Gasteiger partial charge in [-0.25, -0.2) is 19.9 Å². The summed E-state index contributed by atoms with van der Waals surface area (Å²) in [6.45, 7) is 0. The van der Waals surface area contributed by atoms with Gasteiger partial charge in [0.1, 0.15) is 5.52 Å². The van der Waals surface area contributed by atoms with Crippen LogP contribution in [-0.4, -0.2) is 24.5 Å². The van der Waals surface area contributed by atoms with E-state index >= 15 is 0 Å². The number of fused-ring (bicyclic) bond motifs is 4. The molecule has 0 spiro atoms. The van der Waals surface area contributed by atoms with Gasteiger partial charge in [-0.05, 0) is 64.7 Å². The smallest absolute Gasteiger partial charge is 0.160 e. The SMILES string of the molecule is c1ccc(-c2nc(-c3cccc(-c4cccc(-c5cccc(-c6nc(-c7ccccc7)c7c(n6)c6ccccc6n7-c6ccccc6)c5)c4)c3)nc3ccccc23)cc1. The van der Waals surface area contributed by atoms with Crippen LogP contribution >= 0.6 is 0 Å². The van der Waals surface area contributed by atoms with Crippen LogP contribution in [0.25, 0.3) is 106 Å². The number of nitrogens with zero attached hydrogens (tertiary/aromatic N) is 5. The Morgan fingerprint density at radius 1 is 0.305 bits per heavy atom. The van der Waals surface area contributed by atoms with E-state index in [-0.39, 0.29) is 0 Å². The van der Waals surface area contributed by atoms with Crippen molar-refractivity contribution in [3.63, 3.8) is 0 Å². The third-order valence-corrected chi connectivity index (χ3v) is 11.0. The minimum Gasteiger partial charge on any atom is -0.306 e. The molecular formula is C54H35N5. The number of aromatic nitrogens is 5. The molecule has 0 saturated heterocycles. The summed E-state index contributed by atoms with van der Waals surface area (Å²) < 4.78 is 2.29. The Labute approximate surface area is 341 Å². The van der Waals surface area contributed by atoms with Crippen molar-refractivity contribution in [3.8, 4) is 73.2 Å². The highest BCUT2D eigenvalue weighted by Crippen LogP contribution is 2.39. The molecule has 0 amide bonds. The van der Waals surface area contributed by atoms with Gasteiger partial charge in [0.15, 0.2) is 11.6 Å². The van der Waals surface area contributed by atoms with Crippen molar-refractivity contribution in [1.29, 1.82) is 0 Å². The van der Waals surface area contributed by atoms with Crippen LogP contribution < -0.4 is 0 Å². The van der Waals surface area contributed by atoms with Gasteiger partial charge in [-0.2, -0.15) is 0 Å². The molecule has 5 heteroatoms. The van der Waals surface area contributed by atoms with Gasteiger partial charge >= 0.3 is 0 Å². The molecule has 0 fully saturated rings. The second-order valence-corrected chi connectivity index (χ2v) is 14.7. The summed E-state index contributed by atoms with van der Waals surface area (Å²) in [6, 6.07) is 73.8. The maximum Gasteiger partial charge on any atom is 0.160 e. The fourth-order valence-corrected chi connectivity index (χ4v) is 8.19. The highest BCUT2D eigenvalue weighted by molar-refractivity contribution is 6.11. The first-order chi connectivity index (χ1) is 29.2. The fourth-order valence-electron chi connectivity index (χ4n) is 8.19. The first-order valence-corrected chi connectivity index (χ1v) is 19.8. The van der Waals surface area contributed by atoms with Gasteiger partial charge in [0.05, 0.1) is 27.9 Å². The van der Waals surface area contributed by atoms with Gasteiger partial charge in [0.2, 0.25) is 0 Å². The lowest BCUT2D eigenvalue weighted by molar-refractivity contribution is 1.15.